The van der Waals surface area contributed by atoms with Crippen molar-refractivity contribution in [3.05, 3.63) is 0 Å². The fraction of sp³-hybridized carbons (Fsp3) is 1.00. The minimum atomic E-state index is -3.98. The van der Waals surface area contributed by atoms with Crippen LogP contribution >= 0.6 is 31.7 Å². The molecule has 0 rings (SSSR count). The Morgan fingerprint density at radius 1 is 1.31 bits per heavy atom. The van der Waals surface area contributed by atoms with Crippen LogP contribution in [0.5, 0.6) is 0 Å². The Hall–Kier alpha value is 1.40. The molecule has 0 aromatic carbocycles. The van der Waals surface area contributed by atoms with Crippen molar-refractivity contribution in [1.29, 1.82) is 0 Å². The van der Waals surface area contributed by atoms with Gasteiger partial charge in [0.05, 0.1) is 0 Å². The summed E-state index contributed by atoms with van der Waals surface area (Å²) in [5.41, 5.74) is 6.87. The average molecular weight is 387 g/mol. The molecule has 0 saturated carbocycles. The summed E-state index contributed by atoms with van der Waals surface area (Å²) >= 11 is -1.49. The van der Waals surface area contributed by atoms with E-state index in [1.54, 1.807) is 0 Å². The molecule has 0 bridgehead atoms. The van der Waals surface area contributed by atoms with Crippen LogP contribution in [0.1, 0.15) is 6.42 Å². The molecule has 0 fully saturated rings. The van der Waals surface area contributed by atoms with Crippen LogP contribution in [0.3, 0.4) is 0 Å². The molecule has 0 aromatic heterocycles. The van der Waals surface area contributed by atoms with Crippen molar-refractivity contribution < 1.29 is 14.4 Å². The molecule has 7 heteroatoms. The van der Waals surface area contributed by atoms with Crippen molar-refractivity contribution in [2.45, 2.75) is 28.8 Å². The monoisotopic (exact) mass is 387 g/mol. The second kappa shape index (κ2) is 6.80. The van der Waals surface area contributed by atoms with Gasteiger partial charge in [0.25, 0.3) is 0 Å². The molecule has 0 amide bonds. The first-order chi connectivity index (χ1) is 5.21. The predicted molar refractivity (Wildman–Crippen MR) is 69.6 cm³/mol. The topological polar surface area (TPSA) is 69.6 Å². The summed E-state index contributed by atoms with van der Waals surface area (Å²) in [4.78, 5) is 16.9. The van der Waals surface area contributed by atoms with Gasteiger partial charge in [-0.05, 0) is 0 Å². The van der Waals surface area contributed by atoms with Crippen LogP contribution in [0.4, 0.5) is 0 Å². The van der Waals surface area contributed by atoms with Crippen molar-refractivity contribution in [2.75, 3.05) is 6.54 Å². The predicted octanol–water partition coefficient (Wildman–Crippen LogP) is 1.75. The summed E-state index contributed by atoms with van der Waals surface area (Å²) in [6.45, 7) is 0.423. The zero-order valence-electron chi connectivity index (χ0n) is 8.28. The molecule has 0 atom stereocenters. The first kappa shape index (κ1) is 16.8. The van der Waals surface area contributed by atoms with E-state index in [4.69, 9.17) is 9.79 Å². The van der Waals surface area contributed by atoms with Crippen LogP contribution in [0.15, 0.2) is 0 Å². The van der Waals surface area contributed by atoms with Crippen LogP contribution in [0.2, 0.25) is 22.3 Å². The van der Waals surface area contributed by atoms with E-state index in [1.165, 1.54) is 0 Å². The zero-order valence-corrected chi connectivity index (χ0v) is 13.6. The number of hydrogen-bond donors (Lipinski definition) is 3. The SMILES string of the molecule is C[AsH](C)(C)CCCNP(=O)(O)O.I. The second-order valence-corrected chi connectivity index (χ2v) is 17.3. The summed E-state index contributed by atoms with van der Waals surface area (Å²) in [6.07, 6.45) is 0.870. The Morgan fingerprint density at radius 3 is 2.08 bits per heavy atom. The van der Waals surface area contributed by atoms with E-state index in [2.05, 4.69) is 22.2 Å². The average Bonchev–Trinajstić information content (AvgIpc) is 1.76. The summed E-state index contributed by atoms with van der Waals surface area (Å²) in [7, 11) is -3.98. The molecule has 0 aromatic rings. The van der Waals surface area contributed by atoms with Crippen LogP contribution in [0, 0.1) is 0 Å². The fourth-order valence-electron chi connectivity index (χ4n) is 0.843. The third kappa shape index (κ3) is 16.1. The molecule has 0 aliphatic carbocycles. The molecular formula is C6H20AsINO3P. The van der Waals surface area contributed by atoms with Crippen LogP contribution < -0.4 is 5.09 Å². The third-order valence-corrected chi connectivity index (χ3v) is 5.95. The van der Waals surface area contributed by atoms with Gasteiger partial charge in [-0.2, -0.15) is 0 Å². The fourth-order valence-corrected chi connectivity index (χ4v) is 3.89. The van der Waals surface area contributed by atoms with Crippen molar-refractivity contribution in [1.82, 2.24) is 5.09 Å². The van der Waals surface area contributed by atoms with Gasteiger partial charge >= 0.3 is 76.0 Å². The maximum absolute atomic E-state index is 10.4. The smallest absolute Gasteiger partial charge is 0.107 e. The molecule has 0 unspecified atom stereocenters. The molecule has 0 aliphatic heterocycles. The van der Waals surface area contributed by atoms with E-state index in [0.717, 1.165) is 11.6 Å². The number of nitrogens with one attached hydrogen (secondary N) is 1. The van der Waals surface area contributed by atoms with E-state index in [-0.39, 0.29) is 24.0 Å². The van der Waals surface area contributed by atoms with E-state index >= 15 is 0 Å². The zero-order chi connectivity index (χ0) is 9.83. The normalized spacial score (nSPS) is 13.6. The van der Waals surface area contributed by atoms with Gasteiger partial charge in [-0.25, -0.2) is 0 Å². The maximum Gasteiger partial charge on any atom is -0.107 e. The Balaban J connectivity index is 0. The Labute approximate surface area is 99.6 Å². The van der Waals surface area contributed by atoms with E-state index in [0.29, 0.717) is 6.54 Å². The minimum absolute atomic E-state index is 0. The molecule has 0 saturated heterocycles. The standard InChI is InChI=1S/C6H19AsNO3P.HI/c1-7(2,3)5-4-6-8-12(9,10)11;/h7H,4-6H2,1-3H3,(H3,8,9,10,11);1H. The Morgan fingerprint density at radius 2 is 1.77 bits per heavy atom. The summed E-state index contributed by atoms with van der Waals surface area (Å²) in [5.74, 6) is 0. The molecule has 3 N–H and O–H groups in total. The molecule has 0 spiro atoms. The molecule has 0 aliphatic rings. The van der Waals surface area contributed by atoms with Gasteiger partial charge in [0, 0.05) is 0 Å². The first-order valence-corrected chi connectivity index (χ1v) is 13.4. The maximum atomic E-state index is 10.4. The first-order valence-electron chi connectivity index (χ1n) is 4.01. The van der Waals surface area contributed by atoms with Gasteiger partial charge in [-0.3, -0.25) is 0 Å². The number of halogens is 1. The van der Waals surface area contributed by atoms with Crippen LogP contribution in [0.25, 0.3) is 0 Å². The van der Waals surface area contributed by atoms with Crippen molar-refractivity contribution in [3.8, 4) is 0 Å². The quantitative estimate of drug-likeness (QED) is 0.291. The van der Waals surface area contributed by atoms with Gasteiger partial charge in [-0.15, -0.1) is 24.0 Å². The molecular weight excluding hydrogens is 367 g/mol. The largest absolute Gasteiger partial charge is 0.107 e. The van der Waals surface area contributed by atoms with Crippen LogP contribution in [-0.2, 0) is 4.57 Å². The number of hydrogen-bond acceptors (Lipinski definition) is 1. The summed E-state index contributed by atoms with van der Waals surface area (Å²) in [6, 6.07) is 0. The van der Waals surface area contributed by atoms with Crippen LogP contribution in [-0.4, -0.2) is 29.9 Å². The van der Waals surface area contributed by atoms with Gasteiger partial charge in [0.1, 0.15) is 0 Å². The Kier molecular flexibility index (Phi) is 8.80. The second-order valence-electron chi connectivity index (χ2n) is 4.12. The molecule has 13 heavy (non-hydrogen) atoms. The molecule has 0 radical (unpaired) electrons. The van der Waals surface area contributed by atoms with Gasteiger partial charge in [-0.1, -0.05) is 0 Å². The third-order valence-electron chi connectivity index (χ3n) is 1.42. The van der Waals surface area contributed by atoms with E-state index < -0.39 is 21.3 Å². The summed E-state index contributed by atoms with van der Waals surface area (Å²) < 4.78 is 10.4. The van der Waals surface area contributed by atoms with E-state index in [1.807, 2.05) is 0 Å². The number of rotatable bonds is 5. The van der Waals surface area contributed by atoms with E-state index in [9.17, 15) is 4.57 Å². The summed E-state index contributed by atoms with van der Waals surface area (Å²) in [5, 5.41) is 3.34. The van der Waals surface area contributed by atoms with Gasteiger partial charge < -0.3 is 0 Å². The Bertz CT molecular complexity index is 179. The van der Waals surface area contributed by atoms with Crippen molar-refractivity contribution in [2.24, 2.45) is 0 Å². The van der Waals surface area contributed by atoms with Crippen molar-refractivity contribution in [3.63, 3.8) is 0 Å². The van der Waals surface area contributed by atoms with Gasteiger partial charge in [0.15, 0.2) is 0 Å². The molecule has 84 valence electrons. The van der Waals surface area contributed by atoms with Gasteiger partial charge in [0.2, 0.25) is 0 Å². The molecule has 4 nitrogen and oxygen atoms in total. The molecule has 0 heterocycles. The van der Waals surface area contributed by atoms with Crippen molar-refractivity contribution >= 4 is 45.3 Å². The minimum Gasteiger partial charge on any atom is -0.107 e.